The molecule has 0 bridgehead atoms. The standard InChI is InChI=1S/C21H15F4NO2S2/c22-21(23,24)12-16(18-7-4-10-29-18)19-15-11-14(30(25,27)28)8-9-17(15)26-20(19)13-5-2-1-3-6-13/h1-11,16,26H,12H2. The van der Waals surface area contributed by atoms with Gasteiger partial charge in [-0.05, 0) is 40.8 Å². The van der Waals surface area contributed by atoms with Crippen molar-refractivity contribution in [2.24, 2.45) is 0 Å². The van der Waals surface area contributed by atoms with Gasteiger partial charge in [0, 0.05) is 21.7 Å². The number of aromatic amines is 1. The van der Waals surface area contributed by atoms with E-state index in [9.17, 15) is 25.5 Å². The van der Waals surface area contributed by atoms with Crippen molar-refractivity contribution in [1.82, 2.24) is 4.98 Å². The van der Waals surface area contributed by atoms with E-state index in [2.05, 4.69) is 4.98 Å². The molecule has 9 heteroatoms. The van der Waals surface area contributed by atoms with Crippen LogP contribution in [0.1, 0.15) is 22.8 Å². The van der Waals surface area contributed by atoms with Gasteiger partial charge in [-0.2, -0.15) is 21.6 Å². The Kier molecular flexibility index (Phi) is 5.19. The number of rotatable bonds is 5. The molecule has 2 heterocycles. The molecule has 3 nitrogen and oxygen atoms in total. The lowest BCUT2D eigenvalue weighted by Crippen LogP contribution is -2.14. The van der Waals surface area contributed by atoms with Crippen LogP contribution in [0, 0.1) is 0 Å². The Hall–Kier alpha value is -2.65. The van der Waals surface area contributed by atoms with Crippen LogP contribution in [0.4, 0.5) is 17.1 Å². The fourth-order valence-corrected chi connectivity index (χ4v) is 4.93. The Morgan fingerprint density at radius 2 is 1.73 bits per heavy atom. The number of hydrogen-bond acceptors (Lipinski definition) is 3. The molecule has 0 saturated heterocycles. The van der Waals surface area contributed by atoms with Crippen molar-refractivity contribution in [1.29, 1.82) is 0 Å². The molecule has 0 fully saturated rings. The summed E-state index contributed by atoms with van der Waals surface area (Å²) in [5.74, 6) is -1.08. The van der Waals surface area contributed by atoms with Gasteiger partial charge in [0.2, 0.25) is 0 Å². The Morgan fingerprint density at radius 1 is 1.00 bits per heavy atom. The number of fused-ring (bicyclic) bond motifs is 1. The maximum absolute atomic E-state index is 13.6. The van der Waals surface area contributed by atoms with Crippen molar-refractivity contribution < 1.29 is 25.5 Å². The summed E-state index contributed by atoms with van der Waals surface area (Å²) in [6, 6.07) is 15.6. The van der Waals surface area contributed by atoms with Gasteiger partial charge in [-0.3, -0.25) is 0 Å². The second kappa shape index (κ2) is 7.55. The third kappa shape index (κ3) is 4.13. The van der Waals surface area contributed by atoms with E-state index >= 15 is 0 Å². The molecule has 0 radical (unpaired) electrons. The summed E-state index contributed by atoms with van der Waals surface area (Å²) in [6.45, 7) is 0. The van der Waals surface area contributed by atoms with Crippen LogP contribution in [0.15, 0.2) is 70.9 Å². The highest BCUT2D eigenvalue weighted by Gasteiger charge is 2.36. The zero-order chi connectivity index (χ0) is 21.5. The fraction of sp³-hybridized carbons (Fsp3) is 0.143. The normalized spacial score (nSPS) is 13.6. The van der Waals surface area contributed by atoms with Gasteiger partial charge >= 0.3 is 16.4 Å². The quantitative estimate of drug-likeness (QED) is 0.272. The second-order valence-corrected chi connectivity index (χ2v) is 9.14. The van der Waals surface area contributed by atoms with E-state index in [0.717, 1.165) is 12.1 Å². The van der Waals surface area contributed by atoms with Crippen molar-refractivity contribution in [2.75, 3.05) is 0 Å². The molecular formula is C21H15F4NO2S2. The minimum Gasteiger partial charge on any atom is -0.354 e. The topological polar surface area (TPSA) is 49.9 Å². The van der Waals surface area contributed by atoms with Crippen molar-refractivity contribution in [3.8, 4) is 11.3 Å². The molecular weight excluding hydrogens is 438 g/mol. The maximum Gasteiger partial charge on any atom is 0.390 e. The summed E-state index contributed by atoms with van der Waals surface area (Å²) in [4.78, 5) is 3.00. The first-order valence-electron chi connectivity index (χ1n) is 8.89. The van der Waals surface area contributed by atoms with Crippen molar-refractivity contribution in [3.63, 3.8) is 0 Å². The smallest absolute Gasteiger partial charge is 0.354 e. The molecule has 0 amide bonds. The van der Waals surface area contributed by atoms with Gasteiger partial charge in [-0.15, -0.1) is 15.2 Å². The van der Waals surface area contributed by atoms with E-state index in [1.165, 1.54) is 17.4 Å². The molecule has 4 aromatic rings. The van der Waals surface area contributed by atoms with Gasteiger partial charge in [0.15, 0.2) is 0 Å². The Balaban J connectivity index is 2.05. The van der Waals surface area contributed by atoms with Gasteiger partial charge in [0.1, 0.15) is 0 Å². The highest BCUT2D eigenvalue weighted by Crippen LogP contribution is 2.45. The average Bonchev–Trinajstić information content (AvgIpc) is 3.33. The minimum absolute atomic E-state index is 0.246. The van der Waals surface area contributed by atoms with Gasteiger partial charge in [-0.1, -0.05) is 36.4 Å². The van der Waals surface area contributed by atoms with Gasteiger partial charge in [0.05, 0.1) is 17.0 Å². The highest BCUT2D eigenvalue weighted by molar-refractivity contribution is 7.86. The number of hydrogen-bond donors (Lipinski definition) is 1. The summed E-state index contributed by atoms with van der Waals surface area (Å²) < 4.78 is 77.1. The number of halogens is 4. The molecule has 1 unspecified atom stereocenters. The minimum atomic E-state index is -5.01. The molecule has 2 aromatic heterocycles. The summed E-state index contributed by atoms with van der Waals surface area (Å²) >= 11 is 1.19. The van der Waals surface area contributed by atoms with Crippen LogP contribution in [0.5, 0.6) is 0 Å². The third-order valence-corrected chi connectivity index (χ3v) is 6.63. The maximum atomic E-state index is 13.6. The van der Waals surface area contributed by atoms with E-state index in [4.69, 9.17) is 0 Å². The van der Waals surface area contributed by atoms with Crippen LogP contribution in [-0.4, -0.2) is 19.6 Å². The van der Waals surface area contributed by atoms with Crippen LogP contribution in [0.2, 0.25) is 0 Å². The van der Waals surface area contributed by atoms with Crippen LogP contribution in [0.3, 0.4) is 0 Å². The predicted molar refractivity (Wildman–Crippen MR) is 109 cm³/mol. The van der Waals surface area contributed by atoms with Gasteiger partial charge in [-0.25, -0.2) is 0 Å². The monoisotopic (exact) mass is 453 g/mol. The first-order chi connectivity index (χ1) is 14.1. The lowest BCUT2D eigenvalue weighted by molar-refractivity contribution is -0.136. The molecule has 156 valence electrons. The molecule has 1 N–H and O–H groups in total. The number of benzene rings is 2. The molecule has 4 rings (SSSR count). The number of thiophene rings is 1. The molecule has 30 heavy (non-hydrogen) atoms. The largest absolute Gasteiger partial charge is 0.390 e. The molecule has 0 aliphatic carbocycles. The molecule has 1 atom stereocenters. The zero-order valence-electron chi connectivity index (χ0n) is 15.3. The highest BCUT2D eigenvalue weighted by atomic mass is 32.3. The number of nitrogens with one attached hydrogen (secondary N) is 1. The van der Waals surface area contributed by atoms with E-state index < -0.39 is 33.6 Å². The van der Waals surface area contributed by atoms with Crippen LogP contribution < -0.4 is 0 Å². The predicted octanol–water partition coefficient (Wildman–Crippen LogP) is 6.64. The van der Waals surface area contributed by atoms with Crippen molar-refractivity contribution >= 4 is 32.5 Å². The Bertz CT molecular complexity index is 1280. The molecule has 0 spiro atoms. The molecule has 0 aliphatic rings. The SMILES string of the molecule is O=S(=O)(F)c1ccc2[nH]c(-c3ccccc3)c(C(CC(F)(F)F)c3cccs3)c2c1. The summed E-state index contributed by atoms with van der Waals surface area (Å²) in [5, 5.41) is 1.93. The van der Waals surface area contributed by atoms with E-state index in [-0.39, 0.29) is 5.39 Å². The Morgan fingerprint density at radius 3 is 2.33 bits per heavy atom. The van der Waals surface area contributed by atoms with Crippen LogP contribution in [-0.2, 0) is 10.2 Å². The number of aromatic nitrogens is 1. The first kappa shape index (κ1) is 20.6. The van der Waals surface area contributed by atoms with E-state index in [0.29, 0.717) is 27.2 Å². The van der Waals surface area contributed by atoms with Crippen molar-refractivity contribution in [2.45, 2.75) is 23.4 Å². The van der Waals surface area contributed by atoms with Crippen LogP contribution in [0.25, 0.3) is 22.2 Å². The van der Waals surface area contributed by atoms with Crippen LogP contribution >= 0.6 is 11.3 Å². The summed E-state index contributed by atoms with van der Waals surface area (Å²) in [7, 11) is -5.01. The van der Waals surface area contributed by atoms with E-state index in [1.807, 2.05) is 0 Å². The number of alkyl halides is 3. The zero-order valence-corrected chi connectivity index (χ0v) is 16.9. The summed E-state index contributed by atoms with van der Waals surface area (Å²) in [5.41, 5.74) is 1.82. The van der Waals surface area contributed by atoms with Gasteiger partial charge in [0.25, 0.3) is 0 Å². The van der Waals surface area contributed by atoms with Crippen molar-refractivity contribution in [3.05, 3.63) is 76.5 Å². The lowest BCUT2D eigenvalue weighted by Gasteiger charge is -2.19. The van der Waals surface area contributed by atoms with E-state index in [1.54, 1.807) is 47.8 Å². The third-order valence-electron chi connectivity index (χ3n) is 4.82. The first-order valence-corrected chi connectivity index (χ1v) is 11.2. The second-order valence-electron chi connectivity index (χ2n) is 6.81. The number of H-pyrrole nitrogens is 1. The lowest BCUT2D eigenvalue weighted by atomic mass is 9.89. The van der Waals surface area contributed by atoms with Gasteiger partial charge < -0.3 is 4.98 Å². The molecule has 2 aromatic carbocycles. The Labute approximate surface area is 174 Å². The average molecular weight is 453 g/mol. The fourth-order valence-electron chi connectivity index (χ4n) is 3.60. The molecule has 0 saturated carbocycles. The summed E-state index contributed by atoms with van der Waals surface area (Å²) in [6.07, 6.45) is -5.59. The molecule has 0 aliphatic heterocycles.